The molecule has 2 atom stereocenters. The van der Waals surface area contributed by atoms with Gasteiger partial charge in [-0.25, -0.2) is 4.39 Å². The summed E-state index contributed by atoms with van der Waals surface area (Å²) in [6.07, 6.45) is 0.411. The Bertz CT molecular complexity index is 1090. The van der Waals surface area contributed by atoms with Crippen LogP contribution in [0.3, 0.4) is 0 Å². The van der Waals surface area contributed by atoms with Gasteiger partial charge in [-0.15, -0.1) is 0 Å². The molecule has 0 radical (unpaired) electrons. The van der Waals surface area contributed by atoms with Crippen LogP contribution in [-0.4, -0.2) is 89.8 Å². The third-order valence-electron chi connectivity index (χ3n) is 7.13. The minimum atomic E-state index is -0.994. The number of carbonyl (C=O) groups is 2. The van der Waals surface area contributed by atoms with E-state index in [2.05, 4.69) is 23.1 Å². The largest absolute Gasteiger partial charge is 0.491 e. The van der Waals surface area contributed by atoms with E-state index >= 15 is 0 Å². The normalized spacial score (nSPS) is 21.5. The van der Waals surface area contributed by atoms with E-state index in [0.717, 1.165) is 19.5 Å². The van der Waals surface area contributed by atoms with Crippen LogP contribution in [0.15, 0.2) is 42.5 Å². The van der Waals surface area contributed by atoms with Crippen molar-refractivity contribution in [1.82, 2.24) is 14.7 Å². The molecule has 0 bridgehead atoms. The lowest BCUT2D eigenvalue weighted by molar-refractivity contribution is 0.0501. The molecular formula is C27H32FN3O4. The molecule has 8 heteroatoms. The molecule has 0 aliphatic carbocycles. The van der Waals surface area contributed by atoms with E-state index < -0.39 is 12.3 Å². The molecule has 35 heavy (non-hydrogen) atoms. The van der Waals surface area contributed by atoms with Crippen LogP contribution < -0.4 is 4.74 Å². The second kappa shape index (κ2) is 10.3. The molecule has 0 aromatic heterocycles. The van der Waals surface area contributed by atoms with Gasteiger partial charge in [0.15, 0.2) is 0 Å². The van der Waals surface area contributed by atoms with E-state index in [9.17, 15) is 19.1 Å². The minimum absolute atomic E-state index is 0.101. The van der Waals surface area contributed by atoms with Crippen molar-refractivity contribution in [3.63, 3.8) is 0 Å². The van der Waals surface area contributed by atoms with E-state index in [1.807, 2.05) is 6.07 Å². The summed E-state index contributed by atoms with van der Waals surface area (Å²) in [5, 5.41) is 10.8. The first-order chi connectivity index (χ1) is 17.0. The van der Waals surface area contributed by atoms with Crippen molar-refractivity contribution < 1.29 is 23.8 Å². The van der Waals surface area contributed by atoms with E-state index in [4.69, 9.17) is 4.74 Å². The van der Waals surface area contributed by atoms with Gasteiger partial charge in [-0.05, 0) is 48.6 Å². The van der Waals surface area contributed by atoms with Crippen molar-refractivity contribution in [2.75, 3.05) is 45.9 Å². The third-order valence-corrected chi connectivity index (χ3v) is 7.13. The predicted molar refractivity (Wildman–Crippen MR) is 129 cm³/mol. The molecule has 5 rings (SSSR count). The maximum Gasteiger partial charge on any atom is 0.257 e. The first-order valence-corrected chi connectivity index (χ1v) is 12.4. The Balaban J connectivity index is 1.22. The zero-order valence-electron chi connectivity index (χ0n) is 19.9. The maximum absolute atomic E-state index is 13.8. The van der Waals surface area contributed by atoms with E-state index in [0.29, 0.717) is 49.4 Å². The van der Waals surface area contributed by atoms with Gasteiger partial charge in [0, 0.05) is 38.3 Å². The number of ether oxygens (including phenoxy) is 1. The summed E-state index contributed by atoms with van der Waals surface area (Å²) >= 11 is 0. The Hall–Kier alpha value is -2.97. The number of amides is 2. The van der Waals surface area contributed by atoms with Gasteiger partial charge in [-0.3, -0.25) is 14.5 Å². The number of hydrogen-bond acceptors (Lipinski definition) is 5. The third kappa shape index (κ3) is 5.33. The summed E-state index contributed by atoms with van der Waals surface area (Å²) in [6, 6.07) is 13.2. The number of hydrogen-bond donors (Lipinski definition) is 1. The van der Waals surface area contributed by atoms with Gasteiger partial charge in [0.05, 0.1) is 24.8 Å². The van der Waals surface area contributed by atoms with Crippen LogP contribution in [0.4, 0.5) is 4.39 Å². The van der Waals surface area contributed by atoms with Crippen molar-refractivity contribution in [2.24, 2.45) is 0 Å². The molecule has 2 amide bonds. The Morgan fingerprint density at radius 1 is 1.11 bits per heavy atom. The SMILES string of the molecule is O=C(c1ccc2c(c1)OCCN(C[C@H](O)CN1CCc3ccccc3C1)C2=O)N1CCCC(F)C1. The molecule has 2 aromatic carbocycles. The van der Waals surface area contributed by atoms with Crippen LogP contribution in [0.25, 0.3) is 0 Å². The van der Waals surface area contributed by atoms with Crippen LogP contribution in [0.2, 0.25) is 0 Å². The number of nitrogens with zero attached hydrogens (tertiary/aromatic N) is 3. The fourth-order valence-electron chi connectivity index (χ4n) is 5.28. The predicted octanol–water partition coefficient (Wildman–Crippen LogP) is 2.51. The molecule has 186 valence electrons. The van der Waals surface area contributed by atoms with Gasteiger partial charge < -0.3 is 19.6 Å². The number of halogens is 1. The quantitative estimate of drug-likeness (QED) is 0.711. The number of benzene rings is 2. The van der Waals surface area contributed by atoms with Gasteiger partial charge in [0.1, 0.15) is 18.5 Å². The summed E-state index contributed by atoms with van der Waals surface area (Å²) in [5.41, 5.74) is 3.41. The number of likely N-dealkylation sites (tertiary alicyclic amines) is 1. The fourth-order valence-corrected chi connectivity index (χ4v) is 5.28. The monoisotopic (exact) mass is 481 g/mol. The minimum Gasteiger partial charge on any atom is -0.491 e. The lowest BCUT2D eigenvalue weighted by Crippen LogP contribution is -2.44. The van der Waals surface area contributed by atoms with Gasteiger partial charge in [0.2, 0.25) is 0 Å². The summed E-state index contributed by atoms with van der Waals surface area (Å²) in [7, 11) is 0. The molecule has 2 aromatic rings. The number of β-amino-alcohol motifs (C(OH)–C–C–N with tert-alkyl or cyclic N) is 1. The molecule has 1 unspecified atom stereocenters. The maximum atomic E-state index is 13.8. The molecule has 0 spiro atoms. The van der Waals surface area contributed by atoms with Crippen molar-refractivity contribution in [1.29, 1.82) is 0 Å². The van der Waals surface area contributed by atoms with Crippen molar-refractivity contribution in [2.45, 2.75) is 38.1 Å². The van der Waals surface area contributed by atoms with Crippen LogP contribution >= 0.6 is 0 Å². The fraction of sp³-hybridized carbons (Fsp3) is 0.481. The molecule has 1 N–H and O–H groups in total. The standard InChI is InChI=1S/C27H32FN3O4/c28-22-6-3-10-30(16-22)26(33)20-7-8-24-25(14-20)35-13-12-31(27(24)34)18-23(32)17-29-11-9-19-4-1-2-5-21(19)15-29/h1-2,4-5,7-8,14,22-23,32H,3,6,9-13,15-18H2/t22?,23-/m1/s1. The summed E-state index contributed by atoms with van der Waals surface area (Å²) in [6.45, 7) is 3.64. The Kier molecular flexibility index (Phi) is 7.02. The zero-order chi connectivity index (χ0) is 24.4. The van der Waals surface area contributed by atoms with Gasteiger partial charge in [-0.2, -0.15) is 0 Å². The summed E-state index contributed by atoms with van der Waals surface area (Å²) in [5.74, 6) is -0.105. The van der Waals surface area contributed by atoms with Crippen molar-refractivity contribution >= 4 is 11.8 Å². The van der Waals surface area contributed by atoms with Gasteiger partial charge >= 0.3 is 0 Å². The Morgan fingerprint density at radius 2 is 1.94 bits per heavy atom. The number of alkyl halides is 1. The molecule has 3 heterocycles. The van der Waals surface area contributed by atoms with Gasteiger partial charge in [0.25, 0.3) is 11.8 Å². The number of carbonyl (C=O) groups excluding carboxylic acids is 2. The highest BCUT2D eigenvalue weighted by molar-refractivity contribution is 6.00. The highest BCUT2D eigenvalue weighted by Gasteiger charge is 2.29. The summed E-state index contributed by atoms with van der Waals surface area (Å²) < 4.78 is 19.6. The zero-order valence-corrected chi connectivity index (χ0v) is 19.9. The molecular weight excluding hydrogens is 449 g/mol. The highest BCUT2D eigenvalue weighted by atomic mass is 19.1. The molecule has 0 saturated carbocycles. The van der Waals surface area contributed by atoms with Crippen LogP contribution in [-0.2, 0) is 13.0 Å². The van der Waals surface area contributed by atoms with Crippen LogP contribution in [0.5, 0.6) is 5.75 Å². The van der Waals surface area contributed by atoms with E-state index in [-0.39, 0.29) is 31.5 Å². The molecule has 3 aliphatic heterocycles. The number of fused-ring (bicyclic) bond motifs is 2. The lowest BCUT2D eigenvalue weighted by Gasteiger charge is -2.32. The summed E-state index contributed by atoms with van der Waals surface area (Å²) in [4.78, 5) is 31.4. The van der Waals surface area contributed by atoms with E-state index in [1.165, 1.54) is 16.0 Å². The molecule has 7 nitrogen and oxygen atoms in total. The number of aliphatic hydroxyl groups excluding tert-OH is 1. The molecule has 1 saturated heterocycles. The van der Waals surface area contributed by atoms with E-state index in [1.54, 1.807) is 23.1 Å². The first kappa shape index (κ1) is 23.8. The average Bonchev–Trinajstić information content (AvgIpc) is 3.01. The topological polar surface area (TPSA) is 73.3 Å². The van der Waals surface area contributed by atoms with Crippen molar-refractivity contribution in [3.05, 3.63) is 64.7 Å². The number of piperidine rings is 1. The molecule has 1 fully saturated rings. The van der Waals surface area contributed by atoms with Crippen LogP contribution in [0.1, 0.15) is 44.7 Å². The number of aliphatic hydroxyl groups is 1. The lowest BCUT2D eigenvalue weighted by atomic mass is 10.00. The second-order valence-corrected chi connectivity index (χ2v) is 9.71. The van der Waals surface area contributed by atoms with Gasteiger partial charge in [-0.1, -0.05) is 24.3 Å². The molecule has 3 aliphatic rings. The Labute approximate surface area is 205 Å². The first-order valence-electron chi connectivity index (χ1n) is 12.4. The Morgan fingerprint density at radius 3 is 2.77 bits per heavy atom. The van der Waals surface area contributed by atoms with Crippen molar-refractivity contribution in [3.8, 4) is 5.75 Å². The highest BCUT2D eigenvalue weighted by Crippen LogP contribution is 2.27. The van der Waals surface area contributed by atoms with Crippen LogP contribution in [0, 0.1) is 0 Å². The number of rotatable bonds is 5. The second-order valence-electron chi connectivity index (χ2n) is 9.71. The average molecular weight is 482 g/mol. The smallest absolute Gasteiger partial charge is 0.257 e.